The van der Waals surface area contributed by atoms with Gasteiger partial charge in [0.15, 0.2) is 0 Å². The number of hydrogen-bond acceptors (Lipinski definition) is 5. The van der Waals surface area contributed by atoms with E-state index < -0.39 is 23.8 Å². The third kappa shape index (κ3) is 7.67. The van der Waals surface area contributed by atoms with Crippen LogP contribution >= 0.6 is 11.3 Å². The van der Waals surface area contributed by atoms with Crippen LogP contribution in [0.2, 0.25) is 0 Å². The molecule has 0 saturated heterocycles. The highest BCUT2D eigenvalue weighted by molar-refractivity contribution is 7.13. The number of carbonyl (C=O) groups is 4. The minimum absolute atomic E-state index is 0.0827. The highest BCUT2D eigenvalue weighted by Gasteiger charge is 2.21. The first-order valence-corrected chi connectivity index (χ1v) is 10.3. The van der Waals surface area contributed by atoms with Crippen molar-refractivity contribution in [2.24, 2.45) is 5.73 Å². The van der Waals surface area contributed by atoms with E-state index in [9.17, 15) is 19.2 Å². The van der Waals surface area contributed by atoms with E-state index in [1.165, 1.54) is 10.4 Å². The van der Waals surface area contributed by atoms with Gasteiger partial charge in [0.1, 0.15) is 6.04 Å². The standard InChI is InChI=1S/C21H25N3O5S/c1-13-10-17(30-12-13)15-5-2-14(3-6-15)4-8-19(26)24-16(7-9-20(27)28)21(29)23-11-18(22)25/h2-3,5-6,10,12,16H,4,7-9,11H2,1H3,(H2,22,25)(H,23,29)(H,24,26)(H,27,28). The molecule has 1 unspecified atom stereocenters. The second kappa shape index (κ2) is 11.1. The van der Waals surface area contributed by atoms with Crippen LogP contribution in [0, 0.1) is 6.92 Å². The molecular formula is C21H25N3O5S. The van der Waals surface area contributed by atoms with Gasteiger partial charge in [-0.3, -0.25) is 19.2 Å². The number of aryl methyl sites for hydroxylation is 2. The molecule has 1 aromatic heterocycles. The lowest BCUT2D eigenvalue weighted by atomic mass is 10.1. The number of rotatable bonds is 11. The van der Waals surface area contributed by atoms with Gasteiger partial charge in [0, 0.05) is 17.7 Å². The minimum atomic E-state index is -1.09. The molecule has 9 heteroatoms. The predicted molar refractivity (Wildman–Crippen MR) is 114 cm³/mol. The Balaban J connectivity index is 1.89. The maximum absolute atomic E-state index is 12.3. The van der Waals surface area contributed by atoms with E-state index in [-0.39, 0.29) is 31.7 Å². The van der Waals surface area contributed by atoms with Gasteiger partial charge in [-0.05, 0) is 47.9 Å². The summed E-state index contributed by atoms with van der Waals surface area (Å²) in [7, 11) is 0. The number of primary amides is 1. The highest BCUT2D eigenvalue weighted by atomic mass is 32.1. The van der Waals surface area contributed by atoms with Crippen molar-refractivity contribution in [2.45, 2.75) is 38.6 Å². The first kappa shape index (κ1) is 23.1. The van der Waals surface area contributed by atoms with Gasteiger partial charge in [-0.25, -0.2) is 0 Å². The average molecular weight is 432 g/mol. The zero-order chi connectivity index (χ0) is 22.1. The normalized spacial score (nSPS) is 11.5. The van der Waals surface area contributed by atoms with Crippen LogP contribution in [0.3, 0.4) is 0 Å². The number of hydrogen-bond donors (Lipinski definition) is 4. The van der Waals surface area contributed by atoms with E-state index in [2.05, 4.69) is 22.1 Å². The second-order valence-corrected chi connectivity index (χ2v) is 7.83. The fourth-order valence-electron chi connectivity index (χ4n) is 2.78. The van der Waals surface area contributed by atoms with Crippen molar-refractivity contribution in [3.05, 3.63) is 46.8 Å². The Morgan fingerprint density at radius 2 is 1.83 bits per heavy atom. The number of carboxylic acids is 1. The van der Waals surface area contributed by atoms with Gasteiger partial charge < -0.3 is 21.5 Å². The van der Waals surface area contributed by atoms with Crippen LogP contribution in [0.4, 0.5) is 0 Å². The van der Waals surface area contributed by atoms with Crippen LogP contribution in [0.1, 0.15) is 30.4 Å². The molecule has 1 heterocycles. The molecule has 0 saturated carbocycles. The zero-order valence-electron chi connectivity index (χ0n) is 16.6. The lowest BCUT2D eigenvalue weighted by molar-refractivity contribution is -0.138. The molecule has 30 heavy (non-hydrogen) atoms. The molecule has 0 radical (unpaired) electrons. The summed E-state index contributed by atoms with van der Waals surface area (Å²) in [5, 5.41) is 15.8. The van der Waals surface area contributed by atoms with E-state index in [0.717, 1.165) is 11.1 Å². The van der Waals surface area contributed by atoms with Crippen molar-refractivity contribution >= 4 is 35.0 Å². The van der Waals surface area contributed by atoms with E-state index in [1.54, 1.807) is 11.3 Å². The Bertz CT molecular complexity index is 908. The molecule has 2 rings (SSSR count). The number of nitrogens with one attached hydrogen (secondary N) is 2. The molecule has 0 bridgehead atoms. The molecule has 160 valence electrons. The fourth-order valence-corrected chi connectivity index (χ4v) is 3.68. The fraction of sp³-hybridized carbons (Fsp3) is 0.333. The van der Waals surface area contributed by atoms with Gasteiger partial charge in [-0.1, -0.05) is 24.3 Å². The third-order valence-electron chi connectivity index (χ3n) is 4.35. The van der Waals surface area contributed by atoms with Crippen LogP contribution in [-0.2, 0) is 25.6 Å². The zero-order valence-corrected chi connectivity index (χ0v) is 17.5. The quantitative estimate of drug-likeness (QED) is 0.428. The summed E-state index contributed by atoms with van der Waals surface area (Å²) in [6, 6.07) is 9.00. The van der Waals surface area contributed by atoms with Crippen molar-refractivity contribution < 1.29 is 24.3 Å². The molecule has 5 N–H and O–H groups in total. The number of thiophene rings is 1. The van der Waals surface area contributed by atoms with Crippen molar-refractivity contribution in [2.75, 3.05) is 6.54 Å². The molecule has 8 nitrogen and oxygen atoms in total. The van der Waals surface area contributed by atoms with Gasteiger partial charge in [0.25, 0.3) is 0 Å². The Morgan fingerprint density at radius 3 is 2.40 bits per heavy atom. The second-order valence-electron chi connectivity index (χ2n) is 6.92. The monoisotopic (exact) mass is 431 g/mol. The molecule has 0 aliphatic rings. The van der Waals surface area contributed by atoms with Crippen LogP contribution in [0.15, 0.2) is 35.7 Å². The molecule has 1 aromatic carbocycles. The summed E-state index contributed by atoms with van der Waals surface area (Å²) in [4.78, 5) is 47.2. The van der Waals surface area contributed by atoms with Crippen LogP contribution in [0.25, 0.3) is 10.4 Å². The summed E-state index contributed by atoms with van der Waals surface area (Å²) in [5.41, 5.74) is 8.29. The van der Waals surface area contributed by atoms with Gasteiger partial charge in [0.2, 0.25) is 17.7 Å². The van der Waals surface area contributed by atoms with Crippen LogP contribution in [-0.4, -0.2) is 41.4 Å². The Hall–Kier alpha value is -3.20. The molecule has 0 aliphatic carbocycles. The lowest BCUT2D eigenvalue weighted by Gasteiger charge is -2.17. The third-order valence-corrected chi connectivity index (χ3v) is 5.44. The Kier molecular flexibility index (Phi) is 8.54. The summed E-state index contributed by atoms with van der Waals surface area (Å²) < 4.78 is 0. The number of benzene rings is 1. The van der Waals surface area contributed by atoms with E-state index in [0.29, 0.717) is 6.42 Å². The van der Waals surface area contributed by atoms with Crippen molar-refractivity contribution in [1.29, 1.82) is 0 Å². The van der Waals surface area contributed by atoms with Gasteiger partial charge in [-0.15, -0.1) is 11.3 Å². The summed E-state index contributed by atoms with van der Waals surface area (Å²) >= 11 is 1.68. The van der Waals surface area contributed by atoms with Crippen molar-refractivity contribution in [1.82, 2.24) is 10.6 Å². The number of aliphatic carboxylic acids is 1. The Labute approximate surface area is 178 Å². The van der Waals surface area contributed by atoms with E-state index in [1.807, 2.05) is 31.2 Å². The first-order valence-electron chi connectivity index (χ1n) is 9.46. The van der Waals surface area contributed by atoms with Gasteiger partial charge >= 0.3 is 5.97 Å². The van der Waals surface area contributed by atoms with Crippen LogP contribution < -0.4 is 16.4 Å². The highest BCUT2D eigenvalue weighted by Crippen LogP contribution is 2.27. The van der Waals surface area contributed by atoms with Crippen molar-refractivity contribution in [3.63, 3.8) is 0 Å². The minimum Gasteiger partial charge on any atom is -0.481 e. The molecule has 0 spiro atoms. The predicted octanol–water partition coefficient (Wildman–Crippen LogP) is 1.61. The largest absolute Gasteiger partial charge is 0.481 e. The lowest BCUT2D eigenvalue weighted by Crippen LogP contribution is -2.48. The molecular weight excluding hydrogens is 406 g/mol. The maximum atomic E-state index is 12.3. The molecule has 2 aromatic rings. The summed E-state index contributed by atoms with van der Waals surface area (Å²) in [6.45, 7) is 1.67. The number of carbonyl (C=O) groups excluding carboxylic acids is 3. The Morgan fingerprint density at radius 1 is 1.13 bits per heavy atom. The molecule has 0 fully saturated rings. The van der Waals surface area contributed by atoms with E-state index >= 15 is 0 Å². The number of amides is 3. The van der Waals surface area contributed by atoms with E-state index in [4.69, 9.17) is 10.8 Å². The van der Waals surface area contributed by atoms with Gasteiger partial charge in [0.05, 0.1) is 6.54 Å². The van der Waals surface area contributed by atoms with Crippen LogP contribution in [0.5, 0.6) is 0 Å². The maximum Gasteiger partial charge on any atom is 0.303 e. The SMILES string of the molecule is Cc1csc(-c2ccc(CCC(=O)NC(CCC(=O)O)C(=O)NCC(N)=O)cc2)c1. The topological polar surface area (TPSA) is 139 Å². The first-order chi connectivity index (χ1) is 14.2. The summed E-state index contributed by atoms with van der Waals surface area (Å²) in [6.07, 6.45) is 0.244. The number of nitrogens with two attached hydrogens (primary N) is 1. The summed E-state index contributed by atoms with van der Waals surface area (Å²) in [5.74, 6) is -2.83. The molecule has 1 atom stereocenters. The molecule has 0 aliphatic heterocycles. The molecule has 3 amide bonds. The average Bonchev–Trinajstić information content (AvgIpc) is 3.14. The van der Waals surface area contributed by atoms with Crippen molar-refractivity contribution in [3.8, 4) is 10.4 Å². The van der Waals surface area contributed by atoms with Gasteiger partial charge in [-0.2, -0.15) is 0 Å². The smallest absolute Gasteiger partial charge is 0.303 e. The number of carboxylic acid groups (broad SMARTS) is 1.